The molecule has 1 heterocycles. The summed E-state index contributed by atoms with van der Waals surface area (Å²) in [5.41, 5.74) is 0.545. The second-order valence-electron chi connectivity index (χ2n) is 4.25. The van der Waals surface area contributed by atoms with Crippen molar-refractivity contribution in [3.63, 3.8) is 0 Å². The Labute approximate surface area is 127 Å². The molecule has 0 bridgehead atoms. The molecule has 1 N–H and O–H groups in total. The summed E-state index contributed by atoms with van der Waals surface area (Å²) in [5.74, 6) is -0.708. The highest BCUT2D eigenvalue weighted by molar-refractivity contribution is 7.17. The van der Waals surface area contributed by atoms with Crippen molar-refractivity contribution < 1.29 is 14.3 Å². The van der Waals surface area contributed by atoms with Crippen molar-refractivity contribution in [3.05, 3.63) is 10.6 Å². The first-order valence-corrected chi connectivity index (χ1v) is 7.84. The highest BCUT2D eigenvalue weighted by Crippen LogP contribution is 2.24. The Bertz CT molecular complexity index is 476. The lowest BCUT2D eigenvalue weighted by Gasteiger charge is -2.07. The summed E-state index contributed by atoms with van der Waals surface area (Å²) in [6.07, 6.45) is 2.51. The minimum absolute atomic E-state index is 0.288. The van der Waals surface area contributed by atoms with E-state index in [2.05, 4.69) is 10.3 Å². The first-order chi connectivity index (χ1) is 9.49. The zero-order chi connectivity index (χ0) is 15.1. The van der Waals surface area contributed by atoms with Gasteiger partial charge in [0.1, 0.15) is 10.3 Å². The largest absolute Gasteiger partial charge is 0.462 e. The average Bonchev–Trinajstić information content (AvgIpc) is 2.77. The topological polar surface area (TPSA) is 68.3 Å². The fourth-order valence-electron chi connectivity index (χ4n) is 1.53. The molecule has 1 aromatic rings. The number of halogens is 1. The van der Waals surface area contributed by atoms with E-state index in [-0.39, 0.29) is 5.91 Å². The Kier molecular flexibility index (Phi) is 6.95. The van der Waals surface area contributed by atoms with E-state index in [4.69, 9.17) is 16.3 Å². The Balaban J connectivity index is 2.67. The minimum atomic E-state index is -0.579. The Morgan fingerprint density at radius 1 is 1.45 bits per heavy atom. The van der Waals surface area contributed by atoms with Gasteiger partial charge in [-0.25, -0.2) is 9.78 Å². The molecule has 20 heavy (non-hydrogen) atoms. The summed E-state index contributed by atoms with van der Waals surface area (Å²) in [4.78, 5) is 28.0. The average molecular weight is 319 g/mol. The number of thiazole rings is 1. The maximum Gasteiger partial charge on any atom is 0.350 e. The summed E-state index contributed by atoms with van der Waals surface area (Å²) in [6, 6.07) is 0. The normalized spacial score (nSPS) is 12.0. The molecular formula is C13H19ClN2O3S. The lowest BCUT2D eigenvalue weighted by molar-refractivity contribution is -0.116. The summed E-state index contributed by atoms with van der Waals surface area (Å²) in [5, 5.41) is 2.43. The zero-order valence-electron chi connectivity index (χ0n) is 11.9. The number of unbranched alkanes of at least 4 members (excludes halogenated alkanes) is 1. The molecule has 5 nitrogen and oxygen atoms in total. The number of ether oxygens (including phenoxy) is 1. The highest BCUT2D eigenvalue weighted by Gasteiger charge is 2.20. The highest BCUT2D eigenvalue weighted by atomic mass is 35.5. The molecule has 1 amide bonds. The quantitative estimate of drug-likeness (QED) is 0.618. The van der Waals surface area contributed by atoms with Gasteiger partial charge >= 0.3 is 5.97 Å². The smallest absolute Gasteiger partial charge is 0.350 e. The molecule has 0 aromatic carbocycles. The fourth-order valence-corrected chi connectivity index (χ4v) is 2.61. The number of anilines is 1. The molecule has 1 rings (SSSR count). The maximum absolute atomic E-state index is 11.8. The number of aryl methyl sites for hydroxylation is 1. The molecular weight excluding hydrogens is 300 g/mol. The molecule has 7 heteroatoms. The van der Waals surface area contributed by atoms with Crippen LogP contribution in [0.25, 0.3) is 0 Å². The lowest BCUT2D eigenvalue weighted by atomic mass is 10.2. The number of aromatic nitrogens is 1. The number of nitrogens with one attached hydrogen (secondary N) is 1. The van der Waals surface area contributed by atoms with Gasteiger partial charge in [-0.05, 0) is 20.3 Å². The van der Waals surface area contributed by atoms with Crippen LogP contribution in [0.2, 0.25) is 0 Å². The number of rotatable bonds is 7. The number of esters is 1. The lowest BCUT2D eigenvalue weighted by Crippen LogP contribution is -2.23. The van der Waals surface area contributed by atoms with E-state index in [1.807, 2.05) is 6.92 Å². The minimum Gasteiger partial charge on any atom is -0.462 e. The molecule has 0 aliphatic rings. The Morgan fingerprint density at radius 2 is 2.15 bits per heavy atom. The monoisotopic (exact) mass is 318 g/mol. The summed E-state index contributed by atoms with van der Waals surface area (Å²) < 4.78 is 4.92. The molecule has 0 saturated heterocycles. The van der Waals surface area contributed by atoms with Gasteiger partial charge in [-0.2, -0.15) is 0 Å². The van der Waals surface area contributed by atoms with E-state index in [1.54, 1.807) is 13.8 Å². The van der Waals surface area contributed by atoms with E-state index >= 15 is 0 Å². The second-order valence-corrected chi connectivity index (χ2v) is 5.78. The first-order valence-electron chi connectivity index (χ1n) is 6.59. The molecule has 1 unspecified atom stereocenters. The summed E-state index contributed by atoms with van der Waals surface area (Å²) in [7, 11) is 0. The van der Waals surface area contributed by atoms with Crippen LogP contribution in [0.5, 0.6) is 0 Å². The SMILES string of the molecule is CCCCC(Cl)C(=O)Nc1nc(C)c(C(=O)OCC)s1. The van der Waals surface area contributed by atoms with Gasteiger partial charge in [0.15, 0.2) is 5.13 Å². The zero-order valence-corrected chi connectivity index (χ0v) is 13.4. The summed E-state index contributed by atoms with van der Waals surface area (Å²) in [6.45, 7) is 5.78. The van der Waals surface area contributed by atoms with Gasteiger partial charge in [0.25, 0.3) is 0 Å². The molecule has 0 spiro atoms. The molecule has 0 aliphatic carbocycles. The number of alkyl halides is 1. The molecule has 0 fully saturated rings. The molecule has 1 aromatic heterocycles. The number of carbonyl (C=O) groups excluding carboxylic acids is 2. The van der Waals surface area contributed by atoms with Crippen LogP contribution in [0.3, 0.4) is 0 Å². The number of amides is 1. The maximum atomic E-state index is 11.8. The molecule has 1 atom stereocenters. The standard InChI is InChI=1S/C13H19ClN2O3S/c1-4-6-7-9(14)11(17)16-13-15-8(3)10(20-13)12(18)19-5-2/h9H,4-7H2,1-3H3,(H,15,16,17). The Hall–Kier alpha value is -1.14. The van der Waals surface area contributed by atoms with Crippen LogP contribution >= 0.6 is 22.9 Å². The molecule has 112 valence electrons. The van der Waals surface area contributed by atoms with Crippen molar-refractivity contribution in [2.75, 3.05) is 11.9 Å². The van der Waals surface area contributed by atoms with Crippen molar-refractivity contribution in [2.24, 2.45) is 0 Å². The fraction of sp³-hybridized carbons (Fsp3) is 0.615. The van der Waals surface area contributed by atoms with E-state index in [0.29, 0.717) is 28.7 Å². The summed E-state index contributed by atoms with van der Waals surface area (Å²) >= 11 is 7.09. The van der Waals surface area contributed by atoms with E-state index < -0.39 is 11.3 Å². The van der Waals surface area contributed by atoms with Crippen LogP contribution in [-0.2, 0) is 9.53 Å². The van der Waals surface area contributed by atoms with E-state index in [9.17, 15) is 9.59 Å². The van der Waals surface area contributed by atoms with Crippen LogP contribution in [0, 0.1) is 6.92 Å². The van der Waals surface area contributed by atoms with Crippen molar-refractivity contribution in [3.8, 4) is 0 Å². The predicted octanol–water partition coefficient (Wildman–Crippen LogP) is 3.36. The van der Waals surface area contributed by atoms with Crippen LogP contribution in [0.15, 0.2) is 0 Å². The number of nitrogens with zero attached hydrogens (tertiary/aromatic N) is 1. The third-order valence-electron chi connectivity index (χ3n) is 2.58. The second kappa shape index (κ2) is 8.21. The molecule has 0 aliphatic heterocycles. The van der Waals surface area contributed by atoms with Gasteiger partial charge < -0.3 is 10.1 Å². The Morgan fingerprint density at radius 3 is 2.75 bits per heavy atom. The first kappa shape index (κ1) is 16.9. The van der Waals surface area contributed by atoms with Crippen molar-refractivity contribution in [1.29, 1.82) is 0 Å². The van der Waals surface area contributed by atoms with Gasteiger partial charge in [-0.3, -0.25) is 4.79 Å². The van der Waals surface area contributed by atoms with Gasteiger partial charge in [-0.15, -0.1) is 11.6 Å². The van der Waals surface area contributed by atoms with Crippen molar-refractivity contribution in [1.82, 2.24) is 4.98 Å². The number of carbonyl (C=O) groups is 2. The third kappa shape index (κ3) is 4.76. The van der Waals surface area contributed by atoms with Gasteiger partial charge in [-0.1, -0.05) is 31.1 Å². The molecule has 0 saturated carbocycles. The van der Waals surface area contributed by atoms with Gasteiger partial charge in [0, 0.05) is 0 Å². The van der Waals surface area contributed by atoms with Crippen molar-refractivity contribution >= 4 is 39.9 Å². The van der Waals surface area contributed by atoms with Crippen LogP contribution in [0.1, 0.15) is 48.5 Å². The van der Waals surface area contributed by atoms with Gasteiger partial charge in [0.2, 0.25) is 5.91 Å². The third-order valence-corrected chi connectivity index (χ3v) is 4.05. The van der Waals surface area contributed by atoms with E-state index in [1.165, 1.54) is 0 Å². The predicted molar refractivity (Wildman–Crippen MR) is 80.6 cm³/mol. The van der Waals surface area contributed by atoms with Crippen LogP contribution in [0.4, 0.5) is 5.13 Å². The van der Waals surface area contributed by atoms with E-state index in [0.717, 1.165) is 24.2 Å². The van der Waals surface area contributed by atoms with Crippen molar-refractivity contribution in [2.45, 2.75) is 45.4 Å². The number of hydrogen-bond acceptors (Lipinski definition) is 5. The number of hydrogen-bond donors (Lipinski definition) is 1. The van der Waals surface area contributed by atoms with Gasteiger partial charge in [0.05, 0.1) is 12.3 Å². The van der Waals surface area contributed by atoms with Crippen LogP contribution in [-0.4, -0.2) is 28.8 Å². The van der Waals surface area contributed by atoms with Crippen LogP contribution < -0.4 is 5.32 Å². The molecule has 0 radical (unpaired) electrons.